The lowest BCUT2D eigenvalue weighted by Gasteiger charge is -2.27. The molecular formula is C54H57N9O8S. The van der Waals surface area contributed by atoms with Gasteiger partial charge in [0.1, 0.15) is 49.2 Å². The Morgan fingerprint density at radius 1 is 0.583 bits per heavy atom. The van der Waals surface area contributed by atoms with Crippen LogP contribution in [0.25, 0.3) is 10.9 Å². The molecule has 2 aromatic heterocycles. The fraction of sp³-hybridized carbons (Fsp3) is 0.241. The number of nitrogens with zero attached hydrogens (tertiary/aromatic N) is 1. The van der Waals surface area contributed by atoms with Gasteiger partial charge in [-0.2, -0.15) is 11.8 Å². The van der Waals surface area contributed by atoms with Crippen molar-refractivity contribution in [2.45, 2.75) is 75.4 Å². The van der Waals surface area contributed by atoms with E-state index in [0.29, 0.717) is 29.4 Å². The first-order valence-electron chi connectivity index (χ1n) is 23.3. The van der Waals surface area contributed by atoms with E-state index in [1.54, 1.807) is 42.6 Å². The zero-order valence-corrected chi connectivity index (χ0v) is 40.4. The van der Waals surface area contributed by atoms with Gasteiger partial charge in [0.25, 0.3) is 0 Å². The second-order valence-corrected chi connectivity index (χ2v) is 18.1. The number of nitrogens with two attached hydrogens (primary N) is 1. The van der Waals surface area contributed by atoms with Gasteiger partial charge in [-0.25, -0.2) is 9.78 Å². The van der Waals surface area contributed by atoms with Gasteiger partial charge in [-0.15, -0.1) is 0 Å². The molecular weight excluding hydrogens is 935 g/mol. The van der Waals surface area contributed by atoms with Crippen molar-refractivity contribution in [3.05, 3.63) is 192 Å². The number of rotatable bonds is 25. The lowest BCUT2D eigenvalue weighted by molar-refractivity contribution is -0.134. The van der Waals surface area contributed by atoms with Gasteiger partial charge in [0.15, 0.2) is 0 Å². The number of amides is 6. The number of ether oxygens (including phenoxy) is 2. The molecule has 0 bridgehead atoms. The smallest absolute Gasteiger partial charge is 0.408 e. The average Bonchev–Trinajstić information content (AvgIpc) is 4.08. The van der Waals surface area contributed by atoms with Gasteiger partial charge < -0.3 is 51.8 Å². The van der Waals surface area contributed by atoms with Gasteiger partial charge in [0, 0.05) is 59.8 Å². The summed E-state index contributed by atoms with van der Waals surface area (Å²) < 4.78 is 11.5. The molecule has 0 aliphatic rings. The molecule has 7 aromatic rings. The molecule has 5 atom stereocenters. The van der Waals surface area contributed by atoms with Crippen molar-refractivity contribution < 1.29 is 38.2 Å². The molecule has 0 unspecified atom stereocenters. The van der Waals surface area contributed by atoms with Gasteiger partial charge in [0.05, 0.1) is 6.33 Å². The Labute approximate surface area is 420 Å². The number of fused-ring (bicyclic) bond motifs is 1. The molecule has 72 heavy (non-hydrogen) atoms. The van der Waals surface area contributed by atoms with Gasteiger partial charge >= 0.3 is 6.09 Å². The summed E-state index contributed by atoms with van der Waals surface area (Å²) in [6, 6.07) is 36.8. The van der Waals surface area contributed by atoms with Crippen molar-refractivity contribution >= 4 is 58.3 Å². The topological polar surface area (TPSA) is 252 Å². The molecule has 372 valence electrons. The fourth-order valence-corrected chi connectivity index (χ4v) is 8.64. The number of carbonyl (C=O) groups is 6. The molecule has 0 aliphatic heterocycles. The van der Waals surface area contributed by atoms with E-state index in [1.807, 2.05) is 103 Å². The highest BCUT2D eigenvalue weighted by molar-refractivity contribution is 7.98. The minimum Gasteiger partial charge on any atom is -0.489 e. The van der Waals surface area contributed by atoms with Crippen LogP contribution < -0.4 is 37.1 Å². The Morgan fingerprint density at radius 3 is 1.78 bits per heavy atom. The lowest BCUT2D eigenvalue weighted by Crippen LogP contribution is -2.60. The summed E-state index contributed by atoms with van der Waals surface area (Å²) in [4.78, 5) is 93.3. The van der Waals surface area contributed by atoms with Crippen LogP contribution >= 0.6 is 11.8 Å². The van der Waals surface area contributed by atoms with E-state index in [2.05, 4.69) is 41.5 Å². The Balaban J connectivity index is 1.15. The van der Waals surface area contributed by atoms with Crippen molar-refractivity contribution in [2.24, 2.45) is 5.73 Å². The molecule has 18 heteroatoms. The molecule has 0 saturated heterocycles. The monoisotopic (exact) mass is 991 g/mol. The molecule has 0 spiro atoms. The number of hydrogen-bond acceptors (Lipinski definition) is 10. The highest BCUT2D eigenvalue weighted by atomic mass is 32.2. The predicted octanol–water partition coefficient (Wildman–Crippen LogP) is 5.17. The molecule has 0 aliphatic carbocycles. The van der Waals surface area contributed by atoms with Crippen molar-refractivity contribution in [3.63, 3.8) is 0 Å². The van der Waals surface area contributed by atoms with E-state index in [1.165, 1.54) is 31.2 Å². The number of carbonyl (C=O) groups excluding carboxylic acids is 6. The Kier molecular flexibility index (Phi) is 18.6. The van der Waals surface area contributed by atoms with Crippen LogP contribution in [0.3, 0.4) is 0 Å². The largest absolute Gasteiger partial charge is 0.489 e. The first-order valence-corrected chi connectivity index (χ1v) is 24.5. The number of alkyl carbamates (subject to hydrolysis) is 1. The van der Waals surface area contributed by atoms with Crippen LogP contribution in [0.5, 0.6) is 5.75 Å². The van der Waals surface area contributed by atoms with Gasteiger partial charge in [0.2, 0.25) is 29.5 Å². The number of imidazole rings is 1. The van der Waals surface area contributed by atoms with E-state index in [-0.39, 0.29) is 31.6 Å². The number of hydrogen-bond donors (Lipinski definition) is 8. The van der Waals surface area contributed by atoms with E-state index in [4.69, 9.17) is 15.2 Å². The number of nitrogens with one attached hydrogen (secondary N) is 7. The molecule has 9 N–H and O–H groups in total. The summed E-state index contributed by atoms with van der Waals surface area (Å²) in [5.41, 5.74) is 10.9. The van der Waals surface area contributed by atoms with Crippen molar-refractivity contribution in [3.8, 4) is 5.75 Å². The molecule has 2 heterocycles. The number of aromatic nitrogens is 3. The van der Waals surface area contributed by atoms with E-state index in [9.17, 15) is 28.8 Å². The van der Waals surface area contributed by atoms with E-state index in [0.717, 1.165) is 33.2 Å². The number of aromatic amines is 2. The second-order valence-electron chi connectivity index (χ2n) is 17.0. The number of H-pyrrole nitrogens is 2. The predicted molar refractivity (Wildman–Crippen MR) is 274 cm³/mol. The molecule has 6 amide bonds. The van der Waals surface area contributed by atoms with Crippen LogP contribution in [0.1, 0.15) is 40.4 Å². The number of primary amides is 1. The molecule has 17 nitrogen and oxygen atoms in total. The van der Waals surface area contributed by atoms with Crippen LogP contribution in [0.15, 0.2) is 158 Å². The van der Waals surface area contributed by atoms with Gasteiger partial charge in [-0.1, -0.05) is 121 Å². The summed E-state index contributed by atoms with van der Waals surface area (Å²) in [5.74, 6) is -2.46. The third kappa shape index (κ3) is 15.6. The average molecular weight is 992 g/mol. The summed E-state index contributed by atoms with van der Waals surface area (Å²) in [5, 5.41) is 14.7. The maximum absolute atomic E-state index is 14.8. The summed E-state index contributed by atoms with van der Waals surface area (Å²) in [6.45, 7) is 1.72. The van der Waals surface area contributed by atoms with Gasteiger partial charge in [-0.05, 0) is 52.9 Å². The first-order chi connectivity index (χ1) is 35.0. The Hall–Kier alpha value is -8.38. The van der Waals surface area contributed by atoms with Crippen LogP contribution in [-0.2, 0) is 66.9 Å². The third-order valence-corrected chi connectivity index (χ3v) is 12.7. The molecule has 0 saturated carbocycles. The van der Waals surface area contributed by atoms with E-state index < -0.39 is 65.8 Å². The SMILES string of the molecule is C[C@@H](NC(=O)[C@H](Cc1c[nH]c2ccccc12)NC(=O)[C@H](CSCc1ccccc1)NC(=O)[C@H](Cc1ccc(OCc2ccccc2)cc1)NC(=O)[C@H](Cc1cnc[nH]1)NC(=O)OCc1ccccc1)C(N)=O. The normalized spacial score (nSPS) is 13.1. The highest BCUT2D eigenvalue weighted by Crippen LogP contribution is 2.21. The number of para-hydroxylation sites is 1. The van der Waals surface area contributed by atoms with Crippen molar-refractivity contribution in [1.29, 1.82) is 0 Å². The molecule has 0 radical (unpaired) electrons. The van der Waals surface area contributed by atoms with Crippen LogP contribution in [0, 0.1) is 0 Å². The zero-order valence-electron chi connectivity index (χ0n) is 39.5. The standard InChI is InChI=1S/C54H57N9O8S/c1-35(49(55)64)59-50(65)46(26-40-28-57-44-20-12-11-19-43(40)44)61-53(68)48(33-72-32-39-17-9-4-10-18-39)62-51(66)45(25-36-21-23-42(24-22-36)70-30-37-13-5-2-6-14-37)60-52(67)47(27-41-29-56-34-58-41)63-54(69)71-31-38-15-7-3-8-16-38/h2-24,28-29,34-35,45-48,57H,25-27,30-33H2,1H3,(H2,55,64)(H,56,58)(H,59,65)(H,60,67)(H,61,68)(H,62,66)(H,63,69)/t35-,45+,46+,47+,48+/m1/s1. The Bertz CT molecular complexity index is 2870. The second kappa shape index (κ2) is 26.0. The van der Waals surface area contributed by atoms with E-state index >= 15 is 0 Å². The quantitative estimate of drug-likeness (QED) is 0.0373. The summed E-state index contributed by atoms with van der Waals surface area (Å²) in [7, 11) is 0. The minimum atomic E-state index is -1.31. The number of thioether (sulfide) groups is 1. The number of benzene rings is 5. The third-order valence-electron chi connectivity index (χ3n) is 11.6. The first kappa shape index (κ1) is 51.5. The van der Waals surface area contributed by atoms with Crippen LogP contribution in [-0.4, -0.2) is 86.5 Å². The van der Waals surface area contributed by atoms with Crippen LogP contribution in [0.2, 0.25) is 0 Å². The van der Waals surface area contributed by atoms with Crippen LogP contribution in [0.4, 0.5) is 4.79 Å². The van der Waals surface area contributed by atoms with Gasteiger partial charge in [-0.3, -0.25) is 24.0 Å². The fourth-order valence-electron chi connectivity index (χ4n) is 7.62. The zero-order chi connectivity index (χ0) is 50.7. The summed E-state index contributed by atoms with van der Waals surface area (Å²) >= 11 is 1.38. The lowest BCUT2D eigenvalue weighted by atomic mass is 10.0. The molecule has 0 fully saturated rings. The molecule has 7 rings (SSSR count). The summed E-state index contributed by atoms with van der Waals surface area (Å²) in [6.07, 6.45) is 3.77. The van der Waals surface area contributed by atoms with Crippen molar-refractivity contribution in [1.82, 2.24) is 41.5 Å². The Morgan fingerprint density at radius 2 is 1.14 bits per heavy atom. The molecule has 5 aromatic carbocycles. The minimum absolute atomic E-state index is 0.0210. The maximum Gasteiger partial charge on any atom is 0.408 e. The van der Waals surface area contributed by atoms with Crippen molar-refractivity contribution in [2.75, 3.05) is 5.75 Å². The maximum atomic E-state index is 14.8. The highest BCUT2D eigenvalue weighted by Gasteiger charge is 2.33.